The van der Waals surface area contributed by atoms with Crippen LogP contribution < -0.4 is 10.1 Å². The number of ether oxygens (including phenoxy) is 1. The first-order valence-corrected chi connectivity index (χ1v) is 11.4. The number of rotatable bonds is 9. The molecule has 2 N–H and O–H groups in total. The fourth-order valence-electron chi connectivity index (χ4n) is 3.59. The van der Waals surface area contributed by atoms with Crippen LogP contribution >= 0.6 is 0 Å². The first kappa shape index (κ1) is 23.9. The fraction of sp³-hybridized carbons (Fsp3) is 0.273. The van der Waals surface area contributed by atoms with E-state index in [1.807, 2.05) is 6.07 Å². The minimum absolute atomic E-state index is 0.0441. The summed E-state index contributed by atoms with van der Waals surface area (Å²) in [6, 6.07) is 11.1. The highest BCUT2D eigenvalue weighted by Crippen LogP contribution is 2.26. The lowest BCUT2D eigenvalue weighted by Gasteiger charge is -2.25. The van der Waals surface area contributed by atoms with E-state index in [0.717, 1.165) is 4.31 Å². The van der Waals surface area contributed by atoms with Gasteiger partial charge in [-0.3, -0.25) is 9.59 Å². The highest BCUT2D eigenvalue weighted by atomic mass is 32.2. The van der Waals surface area contributed by atoms with Gasteiger partial charge in [-0.15, -0.1) is 0 Å². The van der Waals surface area contributed by atoms with Gasteiger partial charge in [0.2, 0.25) is 15.9 Å². The summed E-state index contributed by atoms with van der Waals surface area (Å²) in [7, 11) is -4.01. The molecule has 11 heteroatoms. The van der Waals surface area contributed by atoms with Crippen molar-refractivity contribution >= 4 is 28.4 Å². The molecular formula is C22H21N3O7S. The maximum Gasteiger partial charge on any atom is 0.326 e. The van der Waals surface area contributed by atoms with E-state index in [2.05, 4.69) is 5.32 Å². The van der Waals surface area contributed by atoms with Crippen molar-refractivity contribution in [2.75, 3.05) is 6.54 Å². The second-order valence-corrected chi connectivity index (χ2v) is 9.26. The molecule has 2 aromatic carbocycles. The smallest absolute Gasteiger partial charge is 0.326 e. The third-order valence-corrected chi connectivity index (χ3v) is 7.18. The number of hydrogen-bond acceptors (Lipinski definition) is 7. The Hall–Kier alpha value is -3.75. The largest absolute Gasteiger partial charge is 0.480 e. The van der Waals surface area contributed by atoms with E-state index < -0.39 is 34.0 Å². The van der Waals surface area contributed by atoms with Crippen molar-refractivity contribution < 1.29 is 32.6 Å². The van der Waals surface area contributed by atoms with Gasteiger partial charge in [-0.25, -0.2) is 13.2 Å². The van der Waals surface area contributed by atoms with Crippen LogP contribution in [0.3, 0.4) is 0 Å². The van der Waals surface area contributed by atoms with Crippen molar-refractivity contribution in [3.63, 3.8) is 0 Å². The SMILES string of the molecule is N#Cc1ccc(S(=O)(=O)N2CCC[C@H]2C(=O)NC(Cc2ccc(OC=O)cc2)C(=O)O)cc1. The minimum Gasteiger partial charge on any atom is -0.480 e. The predicted octanol–water partition coefficient (Wildman–Crippen LogP) is 1.06. The lowest BCUT2D eigenvalue weighted by Crippen LogP contribution is -2.51. The Kier molecular flexibility index (Phi) is 7.42. The summed E-state index contributed by atoms with van der Waals surface area (Å²) < 4.78 is 31.9. The maximum atomic E-state index is 13.1. The first-order chi connectivity index (χ1) is 15.8. The second kappa shape index (κ2) is 10.2. The van der Waals surface area contributed by atoms with E-state index in [1.54, 1.807) is 12.1 Å². The number of nitrogens with one attached hydrogen (secondary N) is 1. The number of hydrogen-bond donors (Lipinski definition) is 2. The number of carboxylic acid groups (broad SMARTS) is 1. The van der Waals surface area contributed by atoms with E-state index in [-0.39, 0.29) is 30.8 Å². The van der Waals surface area contributed by atoms with Gasteiger partial charge in [-0.05, 0) is 54.8 Å². The Morgan fingerprint density at radius 1 is 1.21 bits per heavy atom. The van der Waals surface area contributed by atoms with Crippen molar-refractivity contribution in [2.45, 2.75) is 36.2 Å². The number of carboxylic acids is 1. The van der Waals surface area contributed by atoms with Crippen LogP contribution in [-0.2, 0) is 30.8 Å². The topological polar surface area (TPSA) is 154 Å². The van der Waals surface area contributed by atoms with Crippen LogP contribution in [0.4, 0.5) is 0 Å². The number of amides is 1. The van der Waals surface area contributed by atoms with E-state index in [0.29, 0.717) is 23.3 Å². The van der Waals surface area contributed by atoms with Crippen LogP contribution in [-0.4, -0.2) is 54.8 Å². The van der Waals surface area contributed by atoms with E-state index in [4.69, 9.17) is 10.00 Å². The van der Waals surface area contributed by atoms with E-state index in [1.165, 1.54) is 36.4 Å². The average Bonchev–Trinajstić information content (AvgIpc) is 3.31. The molecule has 0 radical (unpaired) electrons. The summed E-state index contributed by atoms with van der Waals surface area (Å²) in [5.41, 5.74) is 0.883. The lowest BCUT2D eigenvalue weighted by molar-refractivity contribution is -0.142. The van der Waals surface area contributed by atoms with Crippen LogP contribution in [0.15, 0.2) is 53.4 Å². The Balaban J connectivity index is 1.74. The monoisotopic (exact) mass is 471 g/mol. The number of nitrogens with zero attached hydrogens (tertiary/aromatic N) is 2. The maximum absolute atomic E-state index is 13.1. The van der Waals surface area contributed by atoms with Gasteiger partial charge in [-0.2, -0.15) is 9.57 Å². The van der Waals surface area contributed by atoms with Crippen molar-refractivity contribution in [3.8, 4) is 11.8 Å². The summed E-state index contributed by atoms with van der Waals surface area (Å²) in [4.78, 5) is 35.0. The molecule has 0 aromatic heterocycles. The molecule has 2 aromatic rings. The predicted molar refractivity (Wildman–Crippen MR) is 114 cm³/mol. The van der Waals surface area contributed by atoms with Crippen LogP contribution in [0, 0.1) is 11.3 Å². The van der Waals surface area contributed by atoms with Crippen LogP contribution in [0.5, 0.6) is 5.75 Å². The summed E-state index contributed by atoms with van der Waals surface area (Å²) in [6.45, 7) is 0.394. The van der Waals surface area contributed by atoms with Crippen molar-refractivity contribution in [1.82, 2.24) is 9.62 Å². The average molecular weight is 471 g/mol. The zero-order valence-corrected chi connectivity index (χ0v) is 18.2. The molecule has 0 aliphatic carbocycles. The van der Waals surface area contributed by atoms with E-state index in [9.17, 15) is 27.9 Å². The molecule has 1 saturated heterocycles. The third-order valence-electron chi connectivity index (χ3n) is 5.26. The van der Waals surface area contributed by atoms with Gasteiger partial charge in [0.1, 0.15) is 17.8 Å². The molecule has 0 bridgehead atoms. The molecule has 1 aliphatic heterocycles. The van der Waals surface area contributed by atoms with Crippen molar-refractivity contribution in [1.29, 1.82) is 5.26 Å². The molecule has 1 fully saturated rings. The highest BCUT2D eigenvalue weighted by molar-refractivity contribution is 7.89. The van der Waals surface area contributed by atoms with Gasteiger partial charge in [-0.1, -0.05) is 12.1 Å². The molecular weight excluding hydrogens is 450 g/mol. The molecule has 1 heterocycles. The Morgan fingerprint density at radius 2 is 1.88 bits per heavy atom. The van der Waals surface area contributed by atoms with E-state index >= 15 is 0 Å². The van der Waals surface area contributed by atoms with Crippen LogP contribution in [0.2, 0.25) is 0 Å². The molecule has 1 amide bonds. The van der Waals surface area contributed by atoms with Gasteiger partial charge in [0.25, 0.3) is 6.47 Å². The molecule has 0 spiro atoms. The summed E-state index contributed by atoms with van der Waals surface area (Å²) in [5.74, 6) is -1.67. The zero-order valence-electron chi connectivity index (χ0n) is 17.4. The third kappa shape index (κ3) is 5.54. The Bertz CT molecular complexity index is 1170. The lowest BCUT2D eigenvalue weighted by atomic mass is 10.1. The molecule has 1 aliphatic rings. The molecule has 1 unspecified atom stereocenters. The van der Waals surface area contributed by atoms with Crippen molar-refractivity contribution in [2.24, 2.45) is 0 Å². The number of carbonyl (C=O) groups is 3. The van der Waals surface area contributed by atoms with Gasteiger partial charge in [0.05, 0.1) is 16.5 Å². The second-order valence-electron chi connectivity index (χ2n) is 7.37. The molecule has 33 heavy (non-hydrogen) atoms. The Morgan fingerprint density at radius 3 is 2.45 bits per heavy atom. The molecule has 172 valence electrons. The minimum atomic E-state index is -4.01. The zero-order chi connectivity index (χ0) is 24.0. The van der Waals surface area contributed by atoms with Crippen LogP contribution in [0.1, 0.15) is 24.0 Å². The Labute approximate surface area is 190 Å². The summed E-state index contributed by atoms with van der Waals surface area (Å²) in [6.07, 6.45) is 0.659. The first-order valence-electron chi connectivity index (χ1n) is 10.0. The molecule has 2 atom stereocenters. The fourth-order valence-corrected chi connectivity index (χ4v) is 5.25. The quantitative estimate of drug-likeness (QED) is 0.515. The van der Waals surface area contributed by atoms with Gasteiger partial charge >= 0.3 is 5.97 Å². The van der Waals surface area contributed by atoms with Crippen molar-refractivity contribution in [3.05, 3.63) is 59.7 Å². The normalized spacial score (nSPS) is 17.0. The molecule has 0 saturated carbocycles. The molecule has 10 nitrogen and oxygen atoms in total. The standard InChI is InChI=1S/C22H21N3O7S/c23-13-16-5-9-18(10-6-16)33(30,31)25-11-1-2-20(25)21(27)24-19(22(28)29)12-15-3-7-17(8-4-15)32-14-26/h3-10,14,19-20H,1-2,11-12H2,(H,24,27)(H,28,29)/t19?,20-/m0/s1. The number of aliphatic carboxylic acids is 1. The molecule has 3 rings (SSSR count). The van der Waals surface area contributed by atoms with Gasteiger partial charge in [0.15, 0.2) is 0 Å². The van der Waals surface area contributed by atoms with Gasteiger partial charge < -0.3 is 15.2 Å². The number of nitriles is 1. The number of carbonyl (C=O) groups excluding carboxylic acids is 2. The number of benzene rings is 2. The summed E-state index contributed by atoms with van der Waals surface area (Å²) in [5, 5.41) is 20.9. The van der Waals surface area contributed by atoms with Crippen LogP contribution in [0.25, 0.3) is 0 Å². The van der Waals surface area contributed by atoms with Gasteiger partial charge in [0, 0.05) is 13.0 Å². The summed E-state index contributed by atoms with van der Waals surface area (Å²) >= 11 is 0. The highest BCUT2D eigenvalue weighted by Gasteiger charge is 2.40. The number of sulfonamides is 1.